The molecular weight excluding hydrogens is 280 g/mol. The predicted octanol–water partition coefficient (Wildman–Crippen LogP) is 3.00. The van der Waals surface area contributed by atoms with Crippen LogP contribution in [-0.4, -0.2) is 48.2 Å². The SMILES string of the molecule is CCNCc1cccc(OCCN2CC(C)SC(C)C2)c1. The van der Waals surface area contributed by atoms with Crippen LogP contribution in [0.2, 0.25) is 0 Å². The number of rotatable bonds is 7. The molecule has 21 heavy (non-hydrogen) atoms. The molecule has 0 saturated carbocycles. The summed E-state index contributed by atoms with van der Waals surface area (Å²) in [6.45, 7) is 12.8. The van der Waals surface area contributed by atoms with E-state index in [-0.39, 0.29) is 0 Å². The largest absolute Gasteiger partial charge is 0.492 e. The molecule has 1 aliphatic heterocycles. The molecule has 3 nitrogen and oxygen atoms in total. The first-order valence-corrected chi connectivity index (χ1v) is 8.92. The highest BCUT2D eigenvalue weighted by Gasteiger charge is 2.21. The van der Waals surface area contributed by atoms with Crippen LogP contribution in [0.15, 0.2) is 24.3 Å². The van der Waals surface area contributed by atoms with E-state index >= 15 is 0 Å². The normalized spacial score (nSPS) is 23.2. The van der Waals surface area contributed by atoms with Crippen LogP contribution in [0.1, 0.15) is 26.3 Å². The van der Waals surface area contributed by atoms with E-state index in [0.717, 1.165) is 42.5 Å². The quantitative estimate of drug-likeness (QED) is 0.837. The van der Waals surface area contributed by atoms with Crippen LogP contribution in [0.3, 0.4) is 0 Å². The van der Waals surface area contributed by atoms with Gasteiger partial charge in [-0.05, 0) is 24.2 Å². The van der Waals surface area contributed by atoms with E-state index in [1.54, 1.807) is 0 Å². The molecule has 118 valence electrons. The van der Waals surface area contributed by atoms with Gasteiger partial charge >= 0.3 is 0 Å². The summed E-state index contributed by atoms with van der Waals surface area (Å²) < 4.78 is 5.92. The van der Waals surface area contributed by atoms with E-state index in [0.29, 0.717) is 0 Å². The Balaban J connectivity index is 1.75. The molecule has 0 spiro atoms. The van der Waals surface area contributed by atoms with Gasteiger partial charge in [0.1, 0.15) is 12.4 Å². The second kappa shape index (κ2) is 8.66. The summed E-state index contributed by atoms with van der Waals surface area (Å²) in [6.07, 6.45) is 0. The van der Waals surface area contributed by atoms with Gasteiger partial charge in [0.05, 0.1) is 0 Å². The van der Waals surface area contributed by atoms with E-state index < -0.39 is 0 Å². The third-order valence-electron chi connectivity index (χ3n) is 3.65. The van der Waals surface area contributed by atoms with Crippen molar-refractivity contribution >= 4 is 11.8 Å². The molecule has 1 saturated heterocycles. The molecule has 1 fully saturated rings. The summed E-state index contributed by atoms with van der Waals surface area (Å²) in [7, 11) is 0. The zero-order valence-corrected chi connectivity index (χ0v) is 14.3. The Morgan fingerprint density at radius 1 is 1.29 bits per heavy atom. The average Bonchev–Trinajstić information content (AvgIpc) is 2.44. The lowest BCUT2D eigenvalue weighted by molar-refractivity contribution is 0.207. The molecule has 2 atom stereocenters. The van der Waals surface area contributed by atoms with Crippen LogP contribution < -0.4 is 10.1 Å². The van der Waals surface area contributed by atoms with Crippen molar-refractivity contribution in [2.24, 2.45) is 0 Å². The first-order valence-electron chi connectivity index (χ1n) is 7.97. The molecule has 2 unspecified atom stereocenters. The van der Waals surface area contributed by atoms with Crippen LogP contribution in [0.25, 0.3) is 0 Å². The number of benzene rings is 1. The number of ether oxygens (including phenoxy) is 1. The Hall–Kier alpha value is -0.710. The summed E-state index contributed by atoms with van der Waals surface area (Å²) in [5.41, 5.74) is 1.28. The van der Waals surface area contributed by atoms with Crippen LogP contribution in [0.5, 0.6) is 5.75 Å². The zero-order chi connectivity index (χ0) is 15.1. The van der Waals surface area contributed by atoms with E-state index in [9.17, 15) is 0 Å². The second-order valence-electron chi connectivity index (χ2n) is 5.79. The minimum Gasteiger partial charge on any atom is -0.492 e. The van der Waals surface area contributed by atoms with Crippen LogP contribution >= 0.6 is 11.8 Å². The monoisotopic (exact) mass is 308 g/mol. The molecule has 0 bridgehead atoms. The standard InChI is InChI=1S/C17H28N2OS/c1-4-18-11-16-6-5-7-17(10-16)20-9-8-19-12-14(2)21-15(3)13-19/h5-7,10,14-15,18H,4,8-9,11-13H2,1-3H3. The third kappa shape index (κ3) is 5.89. The van der Waals surface area contributed by atoms with Crippen LogP contribution in [0.4, 0.5) is 0 Å². The summed E-state index contributed by atoms with van der Waals surface area (Å²) in [4.78, 5) is 2.52. The highest BCUT2D eigenvalue weighted by Crippen LogP contribution is 2.24. The van der Waals surface area contributed by atoms with Crippen molar-refractivity contribution in [1.29, 1.82) is 0 Å². The molecule has 0 aromatic heterocycles. The van der Waals surface area contributed by atoms with Crippen molar-refractivity contribution in [3.8, 4) is 5.75 Å². The van der Waals surface area contributed by atoms with Crippen molar-refractivity contribution in [3.05, 3.63) is 29.8 Å². The Kier molecular flexibility index (Phi) is 6.87. The van der Waals surface area contributed by atoms with Crippen molar-refractivity contribution in [1.82, 2.24) is 10.2 Å². The molecule has 0 amide bonds. The van der Waals surface area contributed by atoms with Gasteiger partial charge in [0, 0.05) is 36.7 Å². The van der Waals surface area contributed by atoms with Gasteiger partial charge in [-0.15, -0.1) is 0 Å². The Labute approximate surface area is 133 Å². The van der Waals surface area contributed by atoms with Crippen molar-refractivity contribution in [2.75, 3.05) is 32.8 Å². The van der Waals surface area contributed by atoms with Gasteiger partial charge in [0.25, 0.3) is 0 Å². The summed E-state index contributed by atoms with van der Waals surface area (Å²) >= 11 is 2.09. The number of nitrogens with one attached hydrogen (secondary N) is 1. The van der Waals surface area contributed by atoms with Crippen LogP contribution in [0, 0.1) is 0 Å². The van der Waals surface area contributed by atoms with E-state index in [1.165, 1.54) is 18.7 Å². The minimum atomic E-state index is 0.734. The summed E-state index contributed by atoms with van der Waals surface area (Å²) in [5, 5.41) is 4.81. The lowest BCUT2D eigenvalue weighted by Crippen LogP contribution is -2.42. The maximum absolute atomic E-state index is 5.92. The predicted molar refractivity (Wildman–Crippen MR) is 92.3 cm³/mol. The molecular formula is C17H28N2OS. The number of hydrogen-bond donors (Lipinski definition) is 1. The smallest absolute Gasteiger partial charge is 0.119 e. The molecule has 0 aliphatic carbocycles. The molecule has 4 heteroatoms. The van der Waals surface area contributed by atoms with Gasteiger partial charge in [-0.3, -0.25) is 4.90 Å². The molecule has 1 N–H and O–H groups in total. The fraction of sp³-hybridized carbons (Fsp3) is 0.647. The minimum absolute atomic E-state index is 0.734. The molecule has 1 aliphatic rings. The van der Waals surface area contributed by atoms with Gasteiger partial charge in [0.15, 0.2) is 0 Å². The second-order valence-corrected chi connectivity index (χ2v) is 7.67. The van der Waals surface area contributed by atoms with E-state index in [1.807, 2.05) is 6.07 Å². The van der Waals surface area contributed by atoms with Gasteiger partial charge in [-0.2, -0.15) is 11.8 Å². The lowest BCUT2D eigenvalue weighted by Gasteiger charge is -2.34. The Morgan fingerprint density at radius 2 is 2.05 bits per heavy atom. The first kappa shape index (κ1) is 16.7. The summed E-state index contributed by atoms with van der Waals surface area (Å²) in [6, 6.07) is 8.40. The number of nitrogens with zero attached hydrogens (tertiary/aromatic N) is 1. The van der Waals surface area contributed by atoms with Crippen molar-refractivity contribution in [2.45, 2.75) is 37.8 Å². The van der Waals surface area contributed by atoms with Crippen molar-refractivity contribution in [3.63, 3.8) is 0 Å². The summed E-state index contributed by atoms with van der Waals surface area (Å²) in [5.74, 6) is 0.984. The highest BCUT2D eigenvalue weighted by atomic mass is 32.2. The van der Waals surface area contributed by atoms with Gasteiger partial charge in [-0.25, -0.2) is 0 Å². The third-order valence-corrected chi connectivity index (χ3v) is 4.88. The number of thioether (sulfide) groups is 1. The zero-order valence-electron chi connectivity index (χ0n) is 13.5. The number of hydrogen-bond acceptors (Lipinski definition) is 4. The molecule has 2 rings (SSSR count). The Bertz CT molecular complexity index is 417. The van der Waals surface area contributed by atoms with Gasteiger partial charge in [0.2, 0.25) is 0 Å². The fourth-order valence-electron chi connectivity index (χ4n) is 2.77. The molecule has 1 aromatic carbocycles. The molecule has 1 aromatic rings. The van der Waals surface area contributed by atoms with E-state index in [2.05, 4.69) is 60.9 Å². The molecule has 0 radical (unpaired) electrons. The highest BCUT2D eigenvalue weighted by molar-refractivity contribution is 8.00. The van der Waals surface area contributed by atoms with Gasteiger partial charge in [-0.1, -0.05) is 32.9 Å². The van der Waals surface area contributed by atoms with Gasteiger partial charge < -0.3 is 10.1 Å². The maximum Gasteiger partial charge on any atom is 0.119 e. The maximum atomic E-state index is 5.92. The fourth-order valence-corrected chi connectivity index (χ4v) is 4.16. The van der Waals surface area contributed by atoms with E-state index in [4.69, 9.17) is 4.74 Å². The first-order chi connectivity index (χ1) is 10.2. The van der Waals surface area contributed by atoms with Crippen molar-refractivity contribution < 1.29 is 4.74 Å². The topological polar surface area (TPSA) is 24.5 Å². The molecule has 1 heterocycles. The van der Waals surface area contributed by atoms with Crippen LogP contribution in [-0.2, 0) is 6.54 Å². The lowest BCUT2D eigenvalue weighted by atomic mass is 10.2. The Morgan fingerprint density at radius 3 is 2.76 bits per heavy atom. The average molecular weight is 308 g/mol.